The van der Waals surface area contributed by atoms with Gasteiger partial charge in [-0.15, -0.1) is 0 Å². The summed E-state index contributed by atoms with van der Waals surface area (Å²) >= 11 is 7.10. The maximum absolute atomic E-state index is 13.7. The SMILES string of the molecule is CCNC(=O)[C@@H](Cc1ccccc1)N(Cc1cccc(Br)c1)C(=O)COc1ccc(C(C)(C)C)cc1Br. The molecule has 0 radical (unpaired) electrons. The van der Waals surface area contributed by atoms with Gasteiger partial charge in [0.1, 0.15) is 11.8 Å². The second-order valence-corrected chi connectivity index (χ2v) is 11.7. The summed E-state index contributed by atoms with van der Waals surface area (Å²) in [6, 6.07) is 22.7. The summed E-state index contributed by atoms with van der Waals surface area (Å²) in [6.07, 6.45) is 0.399. The van der Waals surface area contributed by atoms with Crippen LogP contribution in [0.4, 0.5) is 0 Å². The number of nitrogens with one attached hydrogen (secondary N) is 1. The molecule has 196 valence electrons. The van der Waals surface area contributed by atoms with E-state index in [0.29, 0.717) is 18.7 Å². The predicted molar refractivity (Wildman–Crippen MR) is 156 cm³/mol. The van der Waals surface area contributed by atoms with E-state index < -0.39 is 6.04 Å². The van der Waals surface area contributed by atoms with Gasteiger partial charge in [0.15, 0.2) is 6.61 Å². The summed E-state index contributed by atoms with van der Waals surface area (Å²) in [6.45, 7) is 8.88. The van der Waals surface area contributed by atoms with Gasteiger partial charge in [-0.3, -0.25) is 9.59 Å². The molecule has 0 unspecified atom stereocenters. The van der Waals surface area contributed by atoms with Crippen LogP contribution >= 0.6 is 31.9 Å². The number of ether oxygens (including phenoxy) is 1. The number of halogens is 2. The summed E-state index contributed by atoms with van der Waals surface area (Å²) in [7, 11) is 0. The lowest BCUT2D eigenvalue weighted by Crippen LogP contribution is -2.51. The standard InChI is InChI=1S/C30H34Br2N2O3/c1-5-33-29(36)26(17-21-10-7-6-8-11-21)34(19-22-12-9-13-24(31)16-22)28(35)20-37-27-15-14-23(18-25(27)32)30(2,3)4/h6-16,18,26H,5,17,19-20H2,1-4H3,(H,33,36)/t26-/m1/s1. The van der Waals surface area contributed by atoms with Crippen molar-refractivity contribution in [1.82, 2.24) is 10.2 Å². The molecule has 37 heavy (non-hydrogen) atoms. The van der Waals surface area contributed by atoms with Crippen LogP contribution in [0.1, 0.15) is 44.4 Å². The molecular formula is C30H34Br2N2O3. The molecule has 0 heterocycles. The van der Waals surface area contributed by atoms with Gasteiger partial charge in [0, 0.05) is 24.0 Å². The molecule has 7 heteroatoms. The van der Waals surface area contributed by atoms with Gasteiger partial charge in [0.25, 0.3) is 5.91 Å². The zero-order valence-electron chi connectivity index (χ0n) is 21.8. The Morgan fingerprint density at radius 1 is 0.946 bits per heavy atom. The number of nitrogens with zero attached hydrogens (tertiary/aromatic N) is 1. The minimum absolute atomic E-state index is 0.00503. The fraction of sp³-hybridized carbons (Fsp3) is 0.333. The molecule has 0 fully saturated rings. The molecule has 0 aliphatic rings. The van der Waals surface area contributed by atoms with Crippen LogP contribution in [0.2, 0.25) is 0 Å². The molecule has 2 amide bonds. The third kappa shape index (κ3) is 8.44. The fourth-order valence-corrected chi connectivity index (χ4v) is 4.92. The van der Waals surface area contributed by atoms with Crippen LogP contribution in [0.3, 0.4) is 0 Å². The Morgan fingerprint density at radius 2 is 1.65 bits per heavy atom. The zero-order valence-corrected chi connectivity index (χ0v) is 24.9. The lowest BCUT2D eigenvalue weighted by Gasteiger charge is -2.31. The monoisotopic (exact) mass is 628 g/mol. The third-order valence-electron chi connectivity index (χ3n) is 6.01. The number of benzene rings is 3. The number of amides is 2. The van der Waals surface area contributed by atoms with E-state index in [-0.39, 0.29) is 30.4 Å². The first-order valence-corrected chi connectivity index (χ1v) is 14.0. The molecule has 0 aromatic heterocycles. The number of carbonyl (C=O) groups excluding carboxylic acids is 2. The van der Waals surface area contributed by atoms with Gasteiger partial charge in [0.2, 0.25) is 5.91 Å². The van der Waals surface area contributed by atoms with Crippen molar-refractivity contribution in [3.8, 4) is 5.75 Å². The van der Waals surface area contributed by atoms with Crippen molar-refractivity contribution < 1.29 is 14.3 Å². The molecular weight excluding hydrogens is 596 g/mol. The van der Waals surface area contributed by atoms with Gasteiger partial charge < -0.3 is 15.0 Å². The average Bonchev–Trinajstić information content (AvgIpc) is 2.85. The van der Waals surface area contributed by atoms with E-state index in [1.165, 1.54) is 0 Å². The number of hydrogen-bond donors (Lipinski definition) is 1. The molecule has 5 nitrogen and oxygen atoms in total. The second-order valence-electron chi connectivity index (χ2n) is 9.94. The Labute approximate surface area is 236 Å². The molecule has 0 aliphatic heterocycles. The summed E-state index contributed by atoms with van der Waals surface area (Å²) in [5.41, 5.74) is 3.05. The van der Waals surface area contributed by atoms with Gasteiger partial charge in [-0.2, -0.15) is 0 Å². The van der Waals surface area contributed by atoms with Crippen LogP contribution in [-0.4, -0.2) is 35.9 Å². The molecule has 0 spiro atoms. The van der Waals surface area contributed by atoms with E-state index in [9.17, 15) is 9.59 Å². The van der Waals surface area contributed by atoms with E-state index in [0.717, 1.165) is 25.6 Å². The van der Waals surface area contributed by atoms with Gasteiger partial charge in [-0.05, 0) is 69.2 Å². The van der Waals surface area contributed by atoms with Gasteiger partial charge in [-0.1, -0.05) is 85.2 Å². The van der Waals surface area contributed by atoms with E-state index in [2.05, 4.69) is 57.9 Å². The van der Waals surface area contributed by atoms with Crippen molar-refractivity contribution in [2.45, 2.75) is 52.1 Å². The molecule has 1 N–H and O–H groups in total. The van der Waals surface area contributed by atoms with Crippen molar-refractivity contribution in [2.24, 2.45) is 0 Å². The number of carbonyl (C=O) groups is 2. The average molecular weight is 630 g/mol. The van der Waals surface area contributed by atoms with Gasteiger partial charge in [0.05, 0.1) is 4.47 Å². The second kappa shape index (κ2) is 13.2. The zero-order chi connectivity index (χ0) is 27.0. The topological polar surface area (TPSA) is 58.6 Å². The lowest BCUT2D eigenvalue weighted by atomic mass is 9.87. The fourth-order valence-electron chi connectivity index (χ4n) is 3.98. The van der Waals surface area contributed by atoms with E-state index in [1.54, 1.807) is 4.90 Å². The van der Waals surface area contributed by atoms with Crippen LogP contribution < -0.4 is 10.1 Å². The Kier molecular flexibility index (Phi) is 10.4. The van der Waals surface area contributed by atoms with Crippen LogP contribution in [0.15, 0.2) is 81.7 Å². The molecule has 1 atom stereocenters. The Balaban J connectivity index is 1.89. The quantitative estimate of drug-likeness (QED) is 0.273. The molecule has 3 aromatic rings. The van der Waals surface area contributed by atoms with E-state index >= 15 is 0 Å². The summed E-state index contributed by atoms with van der Waals surface area (Å²) in [4.78, 5) is 28.5. The lowest BCUT2D eigenvalue weighted by molar-refractivity contribution is -0.142. The highest BCUT2D eigenvalue weighted by atomic mass is 79.9. The van der Waals surface area contributed by atoms with Crippen molar-refractivity contribution in [3.05, 3.63) is 98.4 Å². The van der Waals surface area contributed by atoms with Crippen molar-refractivity contribution >= 4 is 43.7 Å². The largest absolute Gasteiger partial charge is 0.483 e. The molecule has 3 rings (SSSR count). The number of hydrogen-bond acceptors (Lipinski definition) is 3. The number of likely N-dealkylation sites (N-methyl/N-ethyl adjacent to an activating group) is 1. The minimum atomic E-state index is -0.691. The first-order chi connectivity index (χ1) is 17.6. The van der Waals surface area contributed by atoms with Gasteiger partial charge >= 0.3 is 0 Å². The molecule has 3 aromatic carbocycles. The smallest absolute Gasteiger partial charge is 0.261 e. The van der Waals surface area contributed by atoms with Crippen LogP contribution in [-0.2, 0) is 28.0 Å². The summed E-state index contributed by atoms with van der Waals surface area (Å²) in [5.74, 6) is 0.130. The Hall–Kier alpha value is -2.64. The van der Waals surface area contributed by atoms with Crippen molar-refractivity contribution in [1.29, 1.82) is 0 Å². The van der Waals surface area contributed by atoms with Crippen molar-refractivity contribution in [2.75, 3.05) is 13.2 Å². The van der Waals surface area contributed by atoms with Crippen LogP contribution in [0.5, 0.6) is 5.75 Å². The normalized spacial score (nSPS) is 12.1. The van der Waals surface area contributed by atoms with Gasteiger partial charge in [-0.25, -0.2) is 0 Å². The summed E-state index contributed by atoms with van der Waals surface area (Å²) in [5, 5.41) is 2.91. The van der Waals surface area contributed by atoms with Crippen molar-refractivity contribution in [3.63, 3.8) is 0 Å². The highest BCUT2D eigenvalue weighted by Gasteiger charge is 2.30. The molecule has 0 saturated heterocycles. The Morgan fingerprint density at radius 3 is 2.27 bits per heavy atom. The Bertz CT molecular complexity index is 1210. The highest BCUT2D eigenvalue weighted by molar-refractivity contribution is 9.10. The molecule has 0 aliphatic carbocycles. The highest BCUT2D eigenvalue weighted by Crippen LogP contribution is 2.31. The third-order valence-corrected chi connectivity index (χ3v) is 7.13. The van der Waals surface area contributed by atoms with E-state index in [1.807, 2.05) is 79.7 Å². The molecule has 0 saturated carbocycles. The maximum Gasteiger partial charge on any atom is 0.261 e. The summed E-state index contributed by atoms with van der Waals surface area (Å²) < 4.78 is 7.67. The maximum atomic E-state index is 13.7. The number of rotatable bonds is 10. The predicted octanol–water partition coefficient (Wildman–Crippen LogP) is 6.66. The van der Waals surface area contributed by atoms with Crippen LogP contribution in [0.25, 0.3) is 0 Å². The first kappa shape index (κ1) is 28.9. The minimum Gasteiger partial charge on any atom is -0.483 e. The van der Waals surface area contributed by atoms with E-state index in [4.69, 9.17) is 4.74 Å². The van der Waals surface area contributed by atoms with Crippen LogP contribution in [0, 0.1) is 0 Å². The molecule has 0 bridgehead atoms. The first-order valence-electron chi connectivity index (χ1n) is 12.4.